The molecule has 0 saturated carbocycles. The Morgan fingerprint density at radius 3 is 2.32 bits per heavy atom. The van der Waals surface area contributed by atoms with Crippen molar-refractivity contribution in [1.29, 1.82) is 0 Å². The number of rotatable bonds is 6. The van der Waals surface area contributed by atoms with E-state index in [0.717, 1.165) is 55.5 Å². The molecule has 6 heteroatoms. The predicted molar refractivity (Wildman–Crippen MR) is 111 cm³/mol. The van der Waals surface area contributed by atoms with Gasteiger partial charge in [0, 0.05) is 38.4 Å². The number of anilines is 1. The Morgan fingerprint density at radius 2 is 1.68 bits per heavy atom. The second-order valence-corrected chi connectivity index (χ2v) is 7.10. The fraction of sp³-hybridized carbons (Fsp3) is 0.409. The van der Waals surface area contributed by atoms with Crippen molar-refractivity contribution in [2.75, 3.05) is 51.8 Å². The molecule has 1 aliphatic rings. The average Bonchev–Trinajstić information content (AvgIpc) is 2.71. The first-order valence-corrected chi connectivity index (χ1v) is 9.67. The van der Waals surface area contributed by atoms with Gasteiger partial charge in [-0.1, -0.05) is 17.7 Å². The summed E-state index contributed by atoms with van der Waals surface area (Å²) in [5, 5.41) is 3.03. The maximum atomic E-state index is 12.5. The fourth-order valence-corrected chi connectivity index (χ4v) is 3.29. The highest BCUT2D eigenvalue weighted by atomic mass is 16.5. The van der Waals surface area contributed by atoms with Crippen LogP contribution in [0.4, 0.5) is 10.5 Å². The number of methoxy groups -OCH3 is 1. The molecule has 0 unspecified atom stereocenters. The van der Waals surface area contributed by atoms with Crippen LogP contribution in [0.3, 0.4) is 0 Å². The van der Waals surface area contributed by atoms with Crippen LogP contribution < -0.4 is 14.8 Å². The standard InChI is InChI=1S/C22H29N3O3/c1-17-4-9-21(18(2)16-17)23-22(26)25-12-10-24(11-13-25)14-15-28-20-7-5-19(27-3)6-8-20/h4-9,16H,10-15H2,1-3H3,(H,23,26). The highest BCUT2D eigenvalue weighted by molar-refractivity contribution is 5.90. The first-order chi connectivity index (χ1) is 13.5. The van der Waals surface area contributed by atoms with Gasteiger partial charge in [-0.3, -0.25) is 4.90 Å². The van der Waals surface area contributed by atoms with Crippen molar-refractivity contribution in [3.63, 3.8) is 0 Å². The molecular formula is C22H29N3O3. The van der Waals surface area contributed by atoms with Crippen LogP contribution in [-0.2, 0) is 0 Å². The number of hydrogen-bond acceptors (Lipinski definition) is 4. The Bertz CT molecular complexity index is 784. The highest BCUT2D eigenvalue weighted by Gasteiger charge is 2.21. The molecule has 150 valence electrons. The monoisotopic (exact) mass is 383 g/mol. The average molecular weight is 383 g/mol. The lowest BCUT2D eigenvalue weighted by Crippen LogP contribution is -2.50. The van der Waals surface area contributed by atoms with Crippen molar-refractivity contribution in [3.05, 3.63) is 53.6 Å². The summed E-state index contributed by atoms with van der Waals surface area (Å²) in [5.41, 5.74) is 3.16. The van der Waals surface area contributed by atoms with E-state index in [-0.39, 0.29) is 6.03 Å². The van der Waals surface area contributed by atoms with Crippen molar-refractivity contribution in [2.45, 2.75) is 13.8 Å². The summed E-state index contributed by atoms with van der Waals surface area (Å²) >= 11 is 0. The van der Waals surface area contributed by atoms with Gasteiger partial charge in [-0.15, -0.1) is 0 Å². The second kappa shape index (κ2) is 9.46. The zero-order valence-corrected chi connectivity index (χ0v) is 16.9. The topological polar surface area (TPSA) is 54.0 Å². The quantitative estimate of drug-likeness (QED) is 0.829. The molecule has 2 aromatic rings. The number of piperazine rings is 1. The van der Waals surface area contributed by atoms with Gasteiger partial charge in [0.05, 0.1) is 7.11 Å². The van der Waals surface area contributed by atoms with Gasteiger partial charge < -0.3 is 19.7 Å². The van der Waals surface area contributed by atoms with E-state index in [1.165, 1.54) is 5.56 Å². The highest BCUT2D eigenvalue weighted by Crippen LogP contribution is 2.18. The molecule has 1 saturated heterocycles. The van der Waals surface area contributed by atoms with Gasteiger partial charge in [0.15, 0.2) is 0 Å². The van der Waals surface area contributed by atoms with Crippen LogP contribution in [0.5, 0.6) is 11.5 Å². The van der Waals surface area contributed by atoms with Crippen molar-refractivity contribution in [1.82, 2.24) is 9.80 Å². The largest absolute Gasteiger partial charge is 0.497 e. The lowest BCUT2D eigenvalue weighted by Gasteiger charge is -2.34. The summed E-state index contributed by atoms with van der Waals surface area (Å²) in [6, 6.07) is 13.6. The molecule has 0 atom stereocenters. The van der Waals surface area contributed by atoms with Crippen LogP contribution in [0, 0.1) is 13.8 Å². The lowest BCUT2D eigenvalue weighted by atomic mass is 10.1. The van der Waals surface area contributed by atoms with Gasteiger partial charge in [0.2, 0.25) is 0 Å². The molecule has 0 aliphatic carbocycles. The normalized spacial score (nSPS) is 14.6. The molecule has 1 N–H and O–H groups in total. The number of carbonyl (C=O) groups is 1. The van der Waals surface area contributed by atoms with E-state index < -0.39 is 0 Å². The number of amides is 2. The first kappa shape index (κ1) is 20.0. The van der Waals surface area contributed by atoms with Gasteiger partial charge in [0.1, 0.15) is 18.1 Å². The van der Waals surface area contributed by atoms with Gasteiger partial charge in [-0.2, -0.15) is 0 Å². The lowest BCUT2D eigenvalue weighted by molar-refractivity contribution is 0.132. The Balaban J connectivity index is 1.39. The Hall–Kier alpha value is -2.73. The van der Waals surface area contributed by atoms with Crippen LogP contribution in [0.2, 0.25) is 0 Å². The van der Waals surface area contributed by atoms with Crippen molar-refractivity contribution < 1.29 is 14.3 Å². The minimum atomic E-state index is -0.0268. The van der Waals surface area contributed by atoms with E-state index in [9.17, 15) is 4.79 Å². The van der Waals surface area contributed by atoms with Crippen molar-refractivity contribution >= 4 is 11.7 Å². The van der Waals surface area contributed by atoms with Gasteiger partial charge in [-0.25, -0.2) is 4.79 Å². The summed E-state index contributed by atoms with van der Waals surface area (Å²) < 4.78 is 10.9. The SMILES string of the molecule is COc1ccc(OCCN2CCN(C(=O)Nc3ccc(C)cc3C)CC2)cc1. The zero-order chi connectivity index (χ0) is 19.9. The van der Waals surface area contributed by atoms with E-state index >= 15 is 0 Å². The summed E-state index contributed by atoms with van der Waals surface area (Å²) in [6.45, 7) is 8.69. The summed E-state index contributed by atoms with van der Waals surface area (Å²) in [6.07, 6.45) is 0. The molecule has 6 nitrogen and oxygen atoms in total. The number of nitrogens with zero attached hydrogens (tertiary/aromatic N) is 2. The molecule has 1 heterocycles. The zero-order valence-electron chi connectivity index (χ0n) is 16.9. The molecule has 0 spiro atoms. The maximum Gasteiger partial charge on any atom is 0.321 e. The van der Waals surface area contributed by atoms with E-state index in [1.807, 2.05) is 48.2 Å². The molecule has 3 rings (SSSR count). The van der Waals surface area contributed by atoms with Crippen LogP contribution in [0.1, 0.15) is 11.1 Å². The molecule has 2 amide bonds. The second-order valence-electron chi connectivity index (χ2n) is 7.10. The third-order valence-electron chi connectivity index (χ3n) is 5.02. The fourth-order valence-electron chi connectivity index (χ4n) is 3.29. The maximum absolute atomic E-state index is 12.5. The number of benzene rings is 2. The van der Waals surface area contributed by atoms with Gasteiger partial charge in [0.25, 0.3) is 0 Å². The molecule has 1 aliphatic heterocycles. The van der Waals surface area contributed by atoms with E-state index in [1.54, 1.807) is 7.11 Å². The van der Waals surface area contributed by atoms with Crippen molar-refractivity contribution in [2.24, 2.45) is 0 Å². The Kier molecular flexibility index (Phi) is 6.76. The predicted octanol–water partition coefficient (Wildman–Crippen LogP) is 3.54. The van der Waals surface area contributed by atoms with Crippen LogP contribution in [-0.4, -0.2) is 62.3 Å². The molecule has 28 heavy (non-hydrogen) atoms. The minimum Gasteiger partial charge on any atom is -0.497 e. The van der Waals surface area contributed by atoms with Crippen LogP contribution in [0.25, 0.3) is 0 Å². The van der Waals surface area contributed by atoms with Crippen molar-refractivity contribution in [3.8, 4) is 11.5 Å². The summed E-state index contributed by atoms with van der Waals surface area (Å²) in [7, 11) is 1.65. The number of hydrogen-bond donors (Lipinski definition) is 1. The number of carbonyl (C=O) groups excluding carboxylic acids is 1. The number of urea groups is 1. The third-order valence-corrected chi connectivity index (χ3v) is 5.02. The molecule has 0 radical (unpaired) electrons. The Morgan fingerprint density at radius 1 is 1.00 bits per heavy atom. The summed E-state index contributed by atoms with van der Waals surface area (Å²) in [4.78, 5) is 16.7. The molecule has 1 fully saturated rings. The summed E-state index contributed by atoms with van der Waals surface area (Å²) in [5.74, 6) is 1.66. The number of nitrogens with one attached hydrogen (secondary N) is 1. The molecule has 2 aromatic carbocycles. The third kappa shape index (κ3) is 5.39. The first-order valence-electron chi connectivity index (χ1n) is 9.67. The minimum absolute atomic E-state index is 0.0268. The van der Waals surface area contributed by atoms with E-state index in [0.29, 0.717) is 6.61 Å². The van der Waals surface area contributed by atoms with E-state index in [2.05, 4.69) is 23.2 Å². The number of ether oxygens (including phenoxy) is 2. The van der Waals surface area contributed by atoms with Gasteiger partial charge >= 0.3 is 6.03 Å². The van der Waals surface area contributed by atoms with Crippen LogP contribution in [0.15, 0.2) is 42.5 Å². The van der Waals surface area contributed by atoms with Gasteiger partial charge in [-0.05, 0) is 49.7 Å². The molecular weight excluding hydrogens is 354 g/mol. The van der Waals surface area contributed by atoms with E-state index in [4.69, 9.17) is 9.47 Å². The Labute approximate surface area is 167 Å². The smallest absolute Gasteiger partial charge is 0.321 e. The number of aryl methyl sites for hydroxylation is 2. The molecule has 0 bridgehead atoms. The molecule has 0 aromatic heterocycles. The van der Waals surface area contributed by atoms with Crippen LogP contribution >= 0.6 is 0 Å².